The highest BCUT2D eigenvalue weighted by Gasteiger charge is 2.30. The lowest BCUT2D eigenvalue weighted by molar-refractivity contribution is -0.126. The van der Waals surface area contributed by atoms with Crippen molar-refractivity contribution in [1.82, 2.24) is 24.4 Å². The van der Waals surface area contributed by atoms with Gasteiger partial charge in [-0.2, -0.15) is 4.98 Å². The minimum atomic E-state index is -0.569. The van der Waals surface area contributed by atoms with E-state index in [1.807, 2.05) is 32.6 Å². The number of carbonyl (C=O) groups is 1. The first kappa shape index (κ1) is 29.2. The monoisotopic (exact) mass is 590 g/mol. The number of hydrogen-bond donors (Lipinski definition) is 0. The highest BCUT2D eigenvalue weighted by atomic mass is 35.5. The Labute approximate surface area is 248 Å². The molecule has 0 bridgehead atoms. The Morgan fingerprint density at radius 2 is 1.93 bits per heavy atom. The third-order valence-electron chi connectivity index (χ3n) is 7.48. The van der Waals surface area contributed by atoms with Crippen molar-refractivity contribution in [3.8, 4) is 22.8 Å². The number of carbonyl (C=O) groups excluding carboxylic acids is 1. The summed E-state index contributed by atoms with van der Waals surface area (Å²) in [5.41, 5.74) is 2.00. The zero-order chi connectivity index (χ0) is 30.3. The lowest BCUT2D eigenvalue weighted by Crippen LogP contribution is -2.54. The third-order valence-corrected chi connectivity index (χ3v) is 7.77. The number of fused-ring (bicyclic) bond motifs is 1. The van der Waals surface area contributed by atoms with Gasteiger partial charge >= 0.3 is 5.69 Å². The van der Waals surface area contributed by atoms with Gasteiger partial charge in [0.1, 0.15) is 11.6 Å². The number of pyridine rings is 2. The second-order valence-corrected chi connectivity index (χ2v) is 11.0. The molecule has 1 aromatic carbocycles. The van der Waals surface area contributed by atoms with E-state index in [4.69, 9.17) is 21.3 Å². The predicted molar refractivity (Wildman–Crippen MR) is 162 cm³/mol. The lowest BCUT2D eigenvalue weighted by atomic mass is 10.0. The molecule has 42 heavy (non-hydrogen) atoms. The summed E-state index contributed by atoms with van der Waals surface area (Å²) in [5, 5.41) is 0.725. The van der Waals surface area contributed by atoms with Gasteiger partial charge in [0.25, 0.3) is 0 Å². The van der Waals surface area contributed by atoms with Crippen molar-refractivity contribution in [3.05, 3.63) is 81.6 Å². The maximum absolute atomic E-state index is 15.0. The summed E-state index contributed by atoms with van der Waals surface area (Å²) < 4.78 is 21.8. The van der Waals surface area contributed by atoms with Crippen LogP contribution in [0, 0.1) is 12.7 Å². The largest absolute Gasteiger partial charge is 0.481 e. The molecule has 0 saturated carbocycles. The van der Waals surface area contributed by atoms with Crippen LogP contribution in [0.15, 0.2) is 53.8 Å². The number of halogens is 2. The maximum atomic E-state index is 15.0. The Bertz CT molecular complexity index is 1770. The second kappa shape index (κ2) is 11.5. The van der Waals surface area contributed by atoms with Crippen LogP contribution in [-0.2, 0) is 4.79 Å². The van der Waals surface area contributed by atoms with Crippen LogP contribution in [0.3, 0.4) is 0 Å². The van der Waals surface area contributed by atoms with Gasteiger partial charge < -0.3 is 14.5 Å². The van der Waals surface area contributed by atoms with Crippen molar-refractivity contribution in [2.24, 2.45) is 0 Å². The molecule has 1 aliphatic rings. The van der Waals surface area contributed by atoms with Gasteiger partial charge in [0.2, 0.25) is 11.8 Å². The number of anilines is 1. The van der Waals surface area contributed by atoms with Crippen LogP contribution >= 0.6 is 11.6 Å². The van der Waals surface area contributed by atoms with Crippen LogP contribution in [0.5, 0.6) is 5.88 Å². The molecule has 0 N–H and O–H groups in total. The molecule has 0 aliphatic carbocycles. The lowest BCUT2D eigenvalue weighted by Gasteiger charge is -2.40. The fourth-order valence-electron chi connectivity index (χ4n) is 5.43. The summed E-state index contributed by atoms with van der Waals surface area (Å²) in [7, 11) is 1.54. The maximum Gasteiger partial charge on any atom is 0.355 e. The minimum absolute atomic E-state index is 0.0794. The smallest absolute Gasteiger partial charge is 0.355 e. The first-order valence-electron chi connectivity index (χ1n) is 13.7. The Morgan fingerprint density at radius 3 is 2.57 bits per heavy atom. The normalized spacial score (nSPS) is 15.4. The summed E-state index contributed by atoms with van der Waals surface area (Å²) in [6.07, 6.45) is 1.29. The van der Waals surface area contributed by atoms with Gasteiger partial charge in [-0.05, 0) is 49.6 Å². The van der Waals surface area contributed by atoms with Crippen LogP contribution in [0.2, 0.25) is 5.02 Å². The number of methoxy groups -OCH3 is 1. The van der Waals surface area contributed by atoms with E-state index < -0.39 is 11.5 Å². The number of hydrogen-bond acceptors (Lipinski definition) is 7. The van der Waals surface area contributed by atoms with E-state index in [1.165, 1.54) is 23.8 Å². The average Bonchev–Trinajstić information content (AvgIpc) is 2.96. The molecule has 0 radical (unpaired) electrons. The van der Waals surface area contributed by atoms with Gasteiger partial charge in [-0.1, -0.05) is 44.2 Å². The first-order chi connectivity index (χ1) is 20.0. The second-order valence-electron chi connectivity index (χ2n) is 10.6. The van der Waals surface area contributed by atoms with Gasteiger partial charge in [0, 0.05) is 37.3 Å². The van der Waals surface area contributed by atoms with E-state index in [-0.39, 0.29) is 39.8 Å². The molecule has 0 unspecified atom stereocenters. The summed E-state index contributed by atoms with van der Waals surface area (Å²) in [6.45, 7) is 12.6. The SMILES string of the molecule is C=CC(=O)N1CCN(c2nc(=O)n(-c3c(C)cc(OC)nc3C(C)C)c3nc(-c4ccccc4F)c(Cl)cc23)[C@@H](C)C1. The zero-order valence-electron chi connectivity index (χ0n) is 24.2. The number of piperazine rings is 1. The van der Waals surface area contributed by atoms with E-state index in [0.29, 0.717) is 48.1 Å². The van der Waals surface area contributed by atoms with Crippen LogP contribution in [0.25, 0.3) is 28.0 Å². The first-order valence-corrected chi connectivity index (χ1v) is 14.1. The Balaban J connectivity index is 1.83. The highest BCUT2D eigenvalue weighted by Crippen LogP contribution is 2.36. The standard InChI is InChI=1S/C31H32ClFN6O3/c1-7-25(40)37-12-13-38(19(5)16-37)29-21-15-22(32)27(20-10-8-9-11-23(20)33)35-30(21)39(31(41)36-29)28-18(4)14-24(42-6)34-26(28)17(2)3/h7-11,14-15,17,19H,1,12-13,16H2,2-6H3/t19-/m0/s1. The van der Waals surface area contributed by atoms with E-state index in [9.17, 15) is 14.0 Å². The molecule has 9 nitrogen and oxygen atoms in total. The summed E-state index contributed by atoms with van der Waals surface area (Å²) in [5.74, 6) is 0.0908. The average molecular weight is 591 g/mol. The molecule has 4 heterocycles. The number of benzene rings is 1. The molecule has 218 valence electrons. The van der Waals surface area contributed by atoms with Gasteiger partial charge in [0.05, 0.1) is 34.6 Å². The fourth-order valence-corrected chi connectivity index (χ4v) is 5.68. The van der Waals surface area contributed by atoms with Crippen LogP contribution in [0.1, 0.15) is 37.9 Å². The van der Waals surface area contributed by atoms with Crippen molar-refractivity contribution < 1.29 is 13.9 Å². The zero-order valence-corrected chi connectivity index (χ0v) is 24.9. The van der Waals surface area contributed by atoms with Crippen LogP contribution in [0.4, 0.5) is 10.2 Å². The number of ether oxygens (including phenoxy) is 1. The number of rotatable bonds is 6. The Kier molecular flexibility index (Phi) is 8.01. The highest BCUT2D eigenvalue weighted by molar-refractivity contribution is 6.33. The van der Waals surface area contributed by atoms with E-state index >= 15 is 0 Å². The molecule has 3 aromatic heterocycles. The van der Waals surface area contributed by atoms with E-state index in [2.05, 4.69) is 16.5 Å². The predicted octanol–water partition coefficient (Wildman–Crippen LogP) is 5.30. The number of nitrogens with zero attached hydrogens (tertiary/aromatic N) is 6. The quantitative estimate of drug-likeness (QED) is 0.281. The molecular formula is C31H32ClFN6O3. The summed E-state index contributed by atoms with van der Waals surface area (Å²) in [6, 6.07) is 9.48. The van der Waals surface area contributed by atoms with Crippen molar-refractivity contribution >= 4 is 34.4 Å². The van der Waals surface area contributed by atoms with Gasteiger partial charge in [-0.3, -0.25) is 4.79 Å². The van der Waals surface area contributed by atoms with E-state index in [1.54, 1.807) is 35.2 Å². The molecule has 5 rings (SSSR count). The minimum Gasteiger partial charge on any atom is -0.481 e. The fraction of sp³-hybridized carbons (Fsp3) is 0.323. The van der Waals surface area contributed by atoms with Gasteiger partial charge in [-0.15, -0.1) is 0 Å². The Morgan fingerprint density at radius 1 is 1.19 bits per heavy atom. The van der Waals surface area contributed by atoms with Crippen molar-refractivity contribution in [2.75, 3.05) is 31.6 Å². The molecule has 11 heteroatoms. The van der Waals surface area contributed by atoms with Crippen molar-refractivity contribution in [3.63, 3.8) is 0 Å². The number of aryl methyl sites for hydroxylation is 1. The van der Waals surface area contributed by atoms with Crippen LogP contribution in [-0.4, -0.2) is 63.1 Å². The topological polar surface area (TPSA) is 93.5 Å². The molecular weight excluding hydrogens is 559 g/mol. The van der Waals surface area contributed by atoms with Gasteiger partial charge in [-0.25, -0.2) is 23.7 Å². The number of aromatic nitrogens is 4. The van der Waals surface area contributed by atoms with Crippen molar-refractivity contribution in [1.29, 1.82) is 0 Å². The third kappa shape index (κ3) is 5.11. The molecule has 4 aromatic rings. The molecule has 1 amide bonds. The molecule has 1 atom stereocenters. The summed E-state index contributed by atoms with van der Waals surface area (Å²) in [4.78, 5) is 44.1. The molecule has 1 fully saturated rings. The van der Waals surface area contributed by atoms with Gasteiger partial charge in [0.15, 0.2) is 5.65 Å². The van der Waals surface area contributed by atoms with Crippen molar-refractivity contribution in [2.45, 2.75) is 39.7 Å². The Hall–Kier alpha value is -4.31. The number of amides is 1. The molecule has 1 aliphatic heterocycles. The summed E-state index contributed by atoms with van der Waals surface area (Å²) >= 11 is 6.78. The van der Waals surface area contributed by atoms with Crippen LogP contribution < -0.4 is 15.3 Å². The molecule has 1 saturated heterocycles. The van der Waals surface area contributed by atoms with E-state index in [0.717, 1.165) is 5.56 Å². The molecule has 0 spiro atoms.